The van der Waals surface area contributed by atoms with Gasteiger partial charge in [-0.2, -0.15) is 0 Å². The number of aromatic amines is 1. The molecule has 2 N–H and O–H groups in total. The van der Waals surface area contributed by atoms with Crippen LogP contribution < -0.4 is 19.5 Å². The highest BCUT2D eigenvalue weighted by molar-refractivity contribution is 5.86. The lowest BCUT2D eigenvalue weighted by atomic mass is 9.83. The Labute approximate surface area is 159 Å². The Bertz CT molecular complexity index is 979. The number of nitrogens with one attached hydrogen (secondary N) is 2. The van der Waals surface area contributed by atoms with Gasteiger partial charge in [-0.05, 0) is 61.2 Å². The molecule has 5 heteroatoms. The number of hydrogen-bond donors (Lipinski definition) is 2. The fourth-order valence-corrected chi connectivity index (χ4v) is 4.19. The number of methoxy groups -OCH3 is 3. The molecular formula is C22H26N2O3. The molecule has 0 saturated heterocycles. The minimum absolute atomic E-state index is 0.181. The predicted octanol–water partition coefficient (Wildman–Crippen LogP) is 3.80. The van der Waals surface area contributed by atoms with Gasteiger partial charge in [-0.25, -0.2) is 0 Å². The molecule has 142 valence electrons. The van der Waals surface area contributed by atoms with Crippen LogP contribution >= 0.6 is 0 Å². The van der Waals surface area contributed by atoms with Crippen molar-refractivity contribution < 1.29 is 14.2 Å². The Morgan fingerprint density at radius 1 is 0.963 bits per heavy atom. The van der Waals surface area contributed by atoms with E-state index in [4.69, 9.17) is 14.2 Å². The van der Waals surface area contributed by atoms with Gasteiger partial charge in [0.2, 0.25) is 0 Å². The fraction of sp³-hybridized carbons (Fsp3) is 0.364. The third-order valence-electron chi connectivity index (χ3n) is 5.56. The normalized spacial score (nSPS) is 19.0. The van der Waals surface area contributed by atoms with Crippen LogP contribution in [0.15, 0.2) is 36.4 Å². The van der Waals surface area contributed by atoms with Gasteiger partial charge in [0.1, 0.15) is 5.75 Å². The van der Waals surface area contributed by atoms with Crippen LogP contribution in [0.5, 0.6) is 17.2 Å². The third-order valence-corrected chi connectivity index (χ3v) is 5.56. The Balaban J connectivity index is 1.74. The van der Waals surface area contributed by atoms with E-state index in [1.165, 1.54) is 22.2 Å². The van der Waals surface area contributed by atoms with Gasteiger partial charge in [-0.3, -0.25) is 0 Å². The van der Waals surface area contributed by atoms with Gasteiger partial charge >= 0.3 is 0 Å². The first-order chi connectivity index (χ1) is 13.1. The van der Waals surface area contributed by atoms with E-state index >= 15 is 0 Å². The Kier molecular flexibility index (Phi) is 4.48. The van der Waals surface area contributed by atoms with E-state index in [-0.39, 0.29) is 5.54 Å². The van der Waals surface area contributed by atoms with Gasteiger partial charge in [-0.1, -0.05) is 6.07 Å². The molecule has 0 spiro atoms. The predicted molar refractivity (Wildman–Crippen MR) is 107 cm³/mol. The molecule has 4 rings (SSSR count). The first-order valence-corrected chi connectivity index (χ1v) is 9.23. The number of aromatic nitrogens is 1. The number of H-pyrrole nitrogens is 1. The van der Waals surface area contributed by atoms with Crippen LogP contribution in [0.2, 0.25) is 0 Å². The Hall–Kier alpha value is -2.66. The van der Waals surface area contributed by atoms with Crippen LogP contribution in [0, 0.1) is 0 Å². The second-order valence-corrected chi connectivity index (χ2v) is 7.27. The Morgan fingerprint density at radius 3 is 2.52 bits per heavy atom. The first-order valence-electron chi connectivity index (χ1n) is 9.23. The molecule has 1 aromatic heterocycles. The summed E-state index contributed by atoms with van der Waals surface area (Å²) in [5.74, 6) is 2.40. The minimum atomic E-state index is -0.181. The van der Waals surface area contributed by atoms with E-state index in [2.05, 4.69) is 41.5 Å². The van der Waals surface area contributed by atoms with Crippen molar-refractivity contribution in [1.82, 2.24) is 10.3 Å². The van der Waals surface area contributed by atoms with E-state index in [1.807, 2.05) is 12.1 Å². The van der Waals surface area contributed by atoms with E-state index in [9.17, 15) is 0 Å². The van der Waals surface area contributed by atoms with E-state index < -0.39 is 0 Å². The highest BCUT2D eigenvalue weighted by atomic mass is 16.5. The molecule has 0 unspecified atom stereocenters. The van der Waals surface area contributed by atoms with Crippen molar-refractivity contribution in [2.75, 3.05) is 27.9 Å². The van der Waals surface area contributed by atoms with E-state index in [0.29, 0.717) is 0 Å². The molecule has 1 atom stereocenters. The lowest BCUT2D eigenvalue weighted by Crippen LogP contribution is -2.46. The van der Waals surface area contributed by atoms with Crippen molar-refractivity contribution in [3.05, 3.63) is 53.2 Å². The van der Waals surface area contributed by atoms with Gasteiger partial charge in [0.05, 0.1) is 26.9 Å². The maximum absolute atomic E-state index is 5.47. The van der Waals surface area contributed by atoms with Gasteiger partial charge < -0.3 is 24.5 Å². The largest absolute Gasteiger partial charge is 0.497 e. The summed E-state index contributed by atoms with van der Waals surface area (Å²) in [7, 11) is 5.04. The molecule has 3 aromatic rings. The summed E-state index contributed by atoms with van der Waals surface area (Å²) < 4.78 is 16.3. The minimum Gasteiger partial charge on any atom is -0.497 e. The molecule has 27 heavy (non-hydrogen) atoms. The molecular weight excluding hydrogens is 340 g/mol. The third kappa shape index (κ3) is 3.02. The summed E-state index contributed by atoms with van der Waals surface area (Å²) in [5.41, 5.74) is 4.81. The van der Waals surface area contributed by atoms with Gasteiger partial charge in [0.15, 0.2) is 11.5 Å². The molecule has 0 radical (unpaired) electrons. The summed E-state index contributed by atoms with van der Waals surface area (Å²) in [6.07, 6.45) is 1.86. The highest BCUT2D eigenvalue weighted by Crippen LogP contribution is 2.38. The SMILES string of the molecule is COc1ccc2[nH]c3c(c2c1)CCN[C@]3(C)Cc1ccc(OC)c(OC)c1. The standard InChI is InChI=1S/C22H26N2O3/c1-22(13-14-5-8-19(26-3)20(11-14)27-4)21-16(9-10-23-22)17-12-15(25-2)6-7-18(17)24-21/h5-8,11-12,23-24H,9-10,13H2,1-4H3/t22-/m1/s1. The number of ether oxygens (including phenoxy) is 3. The van der Waals surface area contributed by atoms with Crippen LogP contribution in [0.25, 0.3) is 10.9 Å². The van der Waals surface area contributed by atoms with Crippen molar-refractivity contribution in [1.29, 1.82) is 0 Å². The van der Waals surface area contributed by atoms with Crippen molar-refractivity contribution in [2.45, 2.75) is 25.3 Å². The first kappa shape index (κ1) is 17.7. The fourth-order valence-electron chi connectivity index (χ4n) is 4.19. The maximum Gasteiger partial charge on any atom is 0.160 e. The molecule has 0 amide bonds. The average Bonchev–Trinajstić information content (AvgIpc) is 3.07. The topological polar surface area (TPSA) is 55.5 Å². The van der Waals surface area contributed by atoms with Crippen LogP contribution in [0.3, 0.4) is 0 Å². The lowest BCUT2D eigenvalue weighted by Gasteiger charge is -2.35. The average molecular weight is 366 g/mol. The maximum atomic E-state index is 5.47. The monoisotopic (exact) mass is 366 g/mol. The summed E-state index contributed by atoms with van der Waals surface area (Å²) in [6.45, 7) is 3.20. The van der Waals surface area contributed by atoms with Crippen LogP contribution in [0.4, 0.5) is 0 Å². The number of hydrogen-bond acceptors (Lipinski definition) is 4. The second kappa shape index (κ2) is 6.82. The quantitative estimate of drug-likeness (QED) is 0.721. The van der Waals surface area contributed by atoms with Gasteiger partial charge in [0, 0.05) is 23.1 Å². The lowest BCUT2D eigenvalue weighted by molar-refractivity contribution is 0.334. The number of rotatable bonds is 5. The molecule has 2 aromatic carbocycles. The van der Waals surface area contributed by atoms with Crippen molar-refractivity contribution in [3.63, 3.8) is 0 Å². The smallest absolute Gasteiger partial charge is 0.160 e. The summed E-state index contributed by atoms with van der Waals surface area (Å²) >= 11 is 0. The van der Waals surface area contributed by atoms with E-state index in [0.717, 1.165) is 42.2 Å². The summed E-state index contributed by atoms with van der Waals surface area (Å²) in [4.78, 5) is 3.66. The number of fused-ring (bicyclic) bond motifs is 3. The molecule has 1 aliphatic rings. The molecule has 1 aliphatic heterocycles. The molecule has 0 saturated carbocycles. The molecule has 0 aliphatic carbocycles. The van der Waals surface area contributed by atoms with Crippen molar-refractivity contribution >= 4 is 10.9 Å². The second-order valence-electron chi connectivity index (χ2n) is 7.27. The van der Waals surface area contributed by atoms with Crippen molar-refractivity contribution in [2.24, 2.45) is 0 Å². The molecule has 0 bridgehead atoms. The molecule has 0 fully saturated rings. The van der Waals surface area contributed by atoms with Gasteiger partial charge in [-0.15, -0.1) is 0 Å². The molecule has 2 heterocycles. The van der Waals surface area contributed by atoms with Crippen molar-refractivity contribution in [3.8, 4) is 17.2 Å². The summed E-state index contributed by atoms with van der Waals surface area (Å²) in [6, 6.07) is 12.4. The highest BCUT2D eigenvalue weighted by Gasteiger charge is 2.34. The zero-order chi connectivity index (χ0) is 19.0. The number of benzene rings is 2. The molecule has 5 nitrogen and oxygen atoms in total. The van der Waals surface area contributed by atoms with E-state index in [1.54, 1.807) is 21.3 Å². The Morgan fingerprint density at radius 2 is 1.78 bits per heavy atom. The van der Waals surface area contributed by atoms with Crippen LogP contribution in [0.1, 0.15) is 23.7 Å². The van der Waals surface area contributed by atoms with Crippen LogP contribution in [-0.2, 0) is 18.4 Å². The zero-order valence-corrected chi connectivity index (χ0v) is 16.3. The van der Waals surface area contributed by atoms with Crippen LogP contribution in [-0.4, -0.2) is 32.9 Å². The van der Waals surface area contributed by atoms with Gasteiger partial charge in [0.25, 0.3) is 0 Å². The zero-order valence-electron chi connectivity index (χ0n) is 16.3. The summed E-state index contributed by atoms with van der Waals surface area (Å²) in [5, 5.41) is 4.98.